The molecule has 1 atom stereocenters. The Bertz CT molecular complexity index is 1020. The lowest BCUT2D eigenvalue weighted by Gasteiger charge is -2.24. The van der Waals surface area contributed by atoms with Gasteiger partial charge in [0.05, 0.1) is 17.2 Å². The second-order valence-corrected chi connectivity index (χ2v) is 6.58. The zero-order valence-corrected chi connectivity index (χ0v) is 14.6. The topological polar surface area (TPSA) is 87.7 Å². The van der Waals surface area contributed by atoms with E-state index in [1.165, 1.54) is 0 Å². The van der Waals surface area contributed by atoms with Crippen molar-refractivity contribution < 1.29 is 4.74 Å². The monoisotopic (exact) mass is 392 g/mol. The van der Waals surface area contributed by atoms with Gasteiger partial charge < -0.3 is 10.5 Å². The van der Waals surface area contributed by atoms with Crippen molar-refractivity contribution in [2.75, 3.05) is 0 Å². The third kappa shape index (κ3) is 2.59. The van der Waals surface area contributed by atoms with E-state index in [1.54, 1.807) is 0 Å². The number of H-pyrrole nitrogens is 1. The summed E-state index contributed by atoms with van der Waals surface area (Å²) in [5.41, 5.74) is 9.91. The molecule has 0 fully saturated rings. The fourth-order valence-corrected chi connectivity index (χ4v) is 3.51. The van der Waals surface area contributed by atoms with Crippen LogP contribution in [0.1, 0.15) is 17.0 Å². The molecule has 2 aromatic carbocycles. The maximum absolute atomic E-state index is 9.68. The fraction of sp³-hybridized carbons (Fsp3) is 0.0526. The van der Waals surface area contributed by atoms with E-state index >= 15 is 0 Å². The SMILES string of the molecule is N#CC1=C(N)Oc2n[nH]c(-c3ccccc3)c2C1c1cccc(Br)c1. The van der Waals surface area contributed by atoms with E-state index < -0.39 is 0 Å². The summed E-state index contributed by atoms with van der Waals surface area (Å²) in [6.45, 7) is 0. The number of ether oxygens (including phenoxy) is 1. The molecule has 0 amide bonds. The van der Waals surface area contributed by atoms with E-state index in [2.05, 4.69) is 32.2 Å². The number of aromatic amines is 1. The van der Waals surface area contributed by atoms with Gasteiger partial charge in [-0.05, 0) is 23.3 Å². The minimum absolute atomic E-state index is 0.0890. The molecule has 1 aliphatic rings. The van der Waals surface area contributed by atoms with E-state index in [0.29, 0.717) is 11.5 Å². The van der Waals surface area contributed by atoms with Crippen molar-refractivity contribution in [1.82, 2.24) is 10.2 Å². The van der Waals surface area contributed by atoms with Crippen LogP contribution in [0.3, 0.4) is 0 Å². The maximum atomic E-state index is 9.68. The van der Waals surface area contributed by atoms with Gasteiger partial charge in [-0.15, -0.1) is 5.10 Å². The summed E-state index contributed by atoms with van der Waals surface area (Å²) in [7, 11) is 0. The van der Waals surface area contributed by atoms with Crippen LogP contribution in [0.2, 0.25) is 0 Å². The van der Waals surface area contributed by atoms with Crippen molar-refractivity contribution in [2.24, 2.45) is 5.73 Å². The highest BCUT2D eigenvalue weighted by atomic mass is 79.9. The normalized spacial score (nSPS) is 16.1. The van der Waals surface area contributed by atoms with Gasteiger partial charge in [0.2, 0.25) is 11.8 Å². The second-order valence-electron chi connectivity index (χ2n) is 5.66. The van der Waals surface area contributed by atoms with Gasteiger partial charge >= 0.3 is 0 Å². The molecule has 2 heterocycles. The molecule has 6 heteroatoms. The Hall–Kier alpha value is -3.04. The lowest BCUT2D eigenvalue weighted by atomic mass is 9.83. The number of hydrogen-bond acceptors (Lipinski definition) is 4. The van der Waals surface area contributed by atoms with Crippen molar-refractivity contribution in [1.29, 1.82) is 5.26 Å². The number of allylic oxidation sites excluding steroid dienone is 1. The molecule has 3 aromatic rings. The predicted octanol–water partition coefficient (Wildman–Crippen LogP) is 4.06. The summed E-state index contributed by atoms with van der Waals surface area (Å²) in [4.78, 5) is 0. The third-order valence-corrected chi connectivity index (χ3v) is 4.68. The maximum Gasteiger partial charge on any atom is 0.244 e. The zero-order valence-electron chi connectivity index (χ0n) is 13.0. The van der Waals surface area contributed by atoms with E-state index in [9.17, 15) is 5.26 Å². The fourth-order valence-electron chi connectivity index (χ4n) is 3.09. The molecule has 0 saturated heterocycles. The van der Waals surface area contributed by atoms with Crippen LogP contribution in [0.4, 0.5) is 0 Å². The summed E-state index contributed by atoms with van der Waals surface area (Å²) in [5.74, 6) is 0.145. The number of nitrogens with one attached hydrogen (secondary N) is 1. The van der Waals surface area contributed by atoms with Gasteiger partial charge in [-0.3, -0.25) is 5.10 Å². The van der Waals surface area contributed by atoms with E-state index in [4.69, 9.17) is 10.5 Å². The highest BCUT2D eigenvalue weighted by Gasteiger charge is 2.35. The Morgan fingerprint density at radius 3 is 2.68 bits per heavy atom. The van der Waals surface area contributed by atoms with Crippen LogP contribution >= 0.6 is 15.9 Å². The number of halogens is 1. The predicted molar refractivity (Wildman–Crippen MR) is 97.5 cm³/mol. The van der Waals surface area contributed by atoms with Gasteiger partial charge in [0.15, 0.2) is 0 Å². The molecule has 0 bridgehead atoms. The molecule has 0 radical (unpaired) electrons. The molecule has 3 N–H and O–H groups in total. The van der Waals surface area contributed by atoms with Gasteiger partial charge in [-0.2, -0.15) is 5.26 Å². The van der Waals surface area contributed by atoms with Crippen molar-refractivity contribution in [2.45, 2.75) is 5.92 Å². The van der Waals surface area contributed by atoms with Crippen LogP contribution in [0, 0.1) is 11.3 Å². The Balaban J connectivity index is 1.97. The molecule has 1 aromatic heterocycles. The lowest BCUT2D eigenvalue weighted by molar-refractivity contribution is 0.379. The Kier molecular flexibility index (Phi) is 3.79. The van der Waals surface area contributed by atoms with Crippen LogP contribution in [-0.2, 0) is 0 Å². The highest BCUT2D eigenvalue weighted by molar-refractivity contribution is 9.10. The summed E-state index contributed by atoms with van der Waals surface area (Å²) < 4.78 is 6.53. The first-order valence-corrected chi connectivity index (χ1v) is 8.45. The molecule has 5 nitrogen and oxygen atoms in total. The van der Waals surface area contributed by atoms with Crippen molar-refractivity contribution in [3.05, 3.63) is 81.7 Å². The van der Waals surface area contributed by atoms with Crippen LogP contribution in [-0.4, -0.2) is 10.2 Å². The number of nitrogens with zero attached hydrogens (tertiary/aromatic N) is 2. The van der Waals surface area contributed by atoms with Crippen LogP contribution in [0.25, 0.3) is 11.3 Å². The number of nitrogens with two attached hydrogens (primary N) is 1. The summed E-state index contributed by atoms with van der Waals surface area (Å²) in [5, 5.41) is 17.0. The molecule has 1 unspecified atom stereocenters. The largest absolute Gasteiger partial charge is 0.420 e. The molecule has 122 valence electrons. The molecule has 0 aliphatic carbocycles. The first-order chi connectivity index (χ1) is 12.2. The van der Waals surface area contributed by atoms with E-state index in [1.807, 2.05) is 54.6 Å². The van der Waals surface area contributed by atoms with E-state index in [0.717, 1.165) is 26.9 Å². The number of hydrogen-bond donors (Lipinski definition) is 2. The van der Waals surface area contributed by atoms with Crippen molar-refractivity contribution in [3.63, 3.8) is 0 Å². The van der Waals surface area contributed by atoms with E-state index in [-0.39, 0.29) is 11.8 Å². The summed E-state index contributed by atoms with van der Waals surface area (Å²) in [6.07, 6.45) is 0. The van der Waals surface area contributed by atoms with Gasteiger partial charge in [-0.1, -0.05) is 58.4 Å². The highest BCUT2D eigenvalue weighted by Crippen LogP contribution is 2.45. The molecular formula is C19H13BrN4O. The molecule has 25 heavy (non-hydrogen) atoms. The first kappa shape index (κ1) is 15.5. The smallest absolute Gasteiger partial charge is 0.244 e. The lowest BCUT2D eigenvalue weighted by Crippen LogP contribution is -2.21. The Labute approximate surface area is 152 Å². The number of nitriles is 1. The van der Waals surface area contributed by atoms with Gasteiger partial charge in [0, 0.05) is 4.47 Å². The number of benzene rings is 2. The molecular weight excluding hydrogens is 380 g/mol. The Morgan fingerprint density at radius 1 is 1.16 bits per heavy atom. The third-order valence-electron chi connectivity index (χ3n) is 4.18. The molecule has 0 saturated carbocycles. The molecule has 0 spiro atoms. The van der Waals surface area contributed by atoms with Gasteiger partial charge in [0.25, 0.3) is 0 Å². The summed E-state index contributed by atoms with van der Waals surface area (Å²) >= 11 is 3.49. The minimum Gasteiger partial charge on any atom is -0.420 e. The number of rotatable bonds is 2. The van der Waals surface area contributed by atoms with Crippen LogP contribution < -0.4 is 10.5 Å². The van der Waals surface area contributed by atoms with Crippen LogP contribution in [0.15, 0.2) is 70.5 Å². The quantitative estimate of drug-likeness (QED) is 0.688. The molecule has 4 rings (SSSR count). The average Bonchev–Trinajstić information content (AvgIpc) is 3.04. The average molecular weight is 393 g/mol. The van der Waals surface area contributed by atoms with Gasteiger partial charge in [-0.25, -0.2) is 0 Å². The summed E-state index contributed by atoms with van der Waals surface area (Å²) in [6, 6.07) is 19.9. The Morgan fingerprint density at radius 2 is 1.96 bits per heavy atom. The standard InChI is InChI=1S/C19H13BrN4O/c20-13-8-4-7-12(9-13)15-14(10-21)18(22)25-19-16(15)17(23-24-19)11-5-2-1-3-6-11/h1-9,15H,22H2,(H,23,24). The van der Waals surface area contributed by atoms with Crippen molar-refractivity contribution >= 4 is 15.9 Å². The first-order valence-electron chi connectivity index (χ1n) is 7.65. The number of fused-ring (bicyclic) bond motifs is 1. The van der Waals surface area contributed by atoms with Crippen molar-refractivity contribution in [3.8, 4) is 23.2 Å². The van der Waals surface area contributed by atoms with Gasteiger partial charge in [0.1, 0.15) is 11.6 Å². The molecule has 1 aliphatic heterocycles. The minimum atomic E-state index is -0.347. The zero-order chi connectivity index (χ0) is 17.4. The second kappa shape index (κ2) is 6.11. The number of aromatic nitrogens is 2. The van der Waals surface area contributed by atoms with Crippen LogP contribution in [0.5, 0.6) is 5.88 Å².